The summed E-state index contributed by atoms with van der Waals surface area (Å²) >= 11 is 12.2. The Bertz CT molecular complexity index is 1390. The van der Waals surface area contributed by atoms with Gasteiger partial charge in [0.1, 0.15) is 5.60 Å². The number of hydrogen-bond acceptors (Lipinski definition) is 9. The van der Waals surface area contributed by atoms with Crippen LogP contribution in [-0.4, -0.2) is 44.6 Å². The summed E-state index contributed by atoms with van der Waals surface area (Å²) in [5.74, 6) is -0.517. The first-order valence-electron chi connectivity index (χ1n) is 11.2. The van der Waals surface area contributed by atoms with Gasteiger partial charge in [0.05, 0.1) is 30.8 Å². The number of aliphatic hydroxyl groups is 1. The number of nitrogens with two attached hydrogens (primary N) is 1. The lowest BCUT2D eigenvalue weighted by molar-refractivity contribution is -0.0884. The summed E-state index contributed by atoms with van der Waals surface area (Å²) in [7, 11) is -3.95. The molecule has 0 aliphatic carbocycles. The number of nitrogen functional groups attached to an aromatic ring is 1. The Hall–Kier alpha value is -1.95. The summed E-state index contributed by atoms with van der Waals surface area (Å²) in [4.78, 5) is 18.8. The molecular weight excluding hydrogens is 534 g/mol. The fraction of sp³-hybridized carbons (Fsp3) is 0.455. The third kappa shape index (κ3) is 4.70. The van der Waals surface area contributed by atoms with Crippen molar-refractivity contribution < 1.29 is 28.0 Å². The minimum atomic E-state index is -3.95. The number of anilines is 1. The number of nitrogens with one attached hydrogen (secondary N) is 1. The molecule has 2 aromatic heterocycles. The maximum atomic E-state index is 13.3. The number of phosphoric acid groups is 1. The maximum Gasteiger partial charge on any atom is 0.475 e. The molecule has 1 aromatic carbocycles. The number of hydrogen-bond donors (Lipinski definition) is 3. The van der Waals surface area contributed by atoms with Gasteiger partial charge in [0.25, 0.3) is 5.56 Å². The molecule has 2 aliphatic rings. The smallest absolute Gasteiger partial charge is 0.385 e. The van der Waals surface area contributed by atoms with E-state index in [1.165, 1.54) is 0 Å². The van der Waals surface area contributed by atoms with Crippen molar-refractivity contribution in [3.63, 3.8) is 0 Å². The summed E-state index contributed by atoms with van der Waals surface area (Å²) in [6.45, 7) is 3.36. The number of phosphoric ester groups is 1. The average Bonchev–Trinajstić information content (AvgIpc) is 3.30. The zero-order valence-electron chi connectivity index (χ0n) is 19.4. The second-order valence-electron chi connectivity index (χ2n) is 9.11. The van der Waals surface area contributed by atoms with Crippen molar-refractivity contribution in [3.05, 3.63) is 56.4 Å². The molecule has 11 nitrogen and oxygen atoms in total. The van der Waals surface area contributed by atoms with Gasteiger partial charge in [0, 0.05) is 28.6 Å². The first-order valence-corrected chi connectivity index (χ1v) is 13.5. The van der Waals surface area contributed by atoms with Gasteiger partial charge in [-0.25, -0.2) is 4.57 Å². The van der Waals surface area contributed by atoms with E-state index in [-0.39, 0.29) is 24.8 Å². The Kier molecular flexibility index (Phi) is 6.72. The highest BCUT2D eigenvalue weighted by atomic mass is 35.5. The van der Waals surface area contributed by atoms with Crippen molar-refractivity contribution in [1.29, 1.82) is 0 Å². The van der Waals surface area contributed by atoms with E-state index >= 15 is 0 Å². The third-order valence-electron chi connectivity index (χ3n) is 6.68. The van der Waals surface area contributed by atoms with E-state index < -0.39 is 43.3 Å². The van der Waals surface area contributed by atoms with E-state index in [0.29, 0.717) is 27.4 Å². The van der Waals surface area contributed by atoms with Gasteiger partial charge in [-0.3, -0.25) is 23.3 Å². The molecule has 4 heterocycles. The van der Waals surface area contributed by atoms with Gasteiger partial charge in [-0.05, 0) is 36.8 Å². The van der Waals surface area contributed by atoms with Crippen LogP contribution in [0, 0.1) is 5.92 Å². The number of nitrogens with zero attached hydrogens (tertiary/aromatic N) is 2. The van der Waals surface area contributed by atoms with Crippen molar-refractivity contribution in [3.8, 4) is 0 Å². The van der Waals surface area contributed by atoms with Crippen molar-refractivity contribution in [2.45, 2.75) is 44.3 Å². The molecule has 6 atom stereocenters. The summed E-state index contributed by atoms with van der Waals surface area (Å²) in [6, 6.07) is 6.53. The van der Waals surface area contributed by atoms with Gasteiger partial charge in [-0.2, -0.15) is 4.98 Å². The number of H-pyrrole nitrogens is 1. The van der Waals surface area contributed by atoms with E-state index in [0.717, 1.165) is 0 Å². The lowest BCUT2D eigenvalue weighted by Gasteiger charge is -2.30. The third-order valence-corrected chi connectivity index (χ3v) is 8.59. The molecule has 14 heteroatoms. The highest BCUT2D eigenvalue weighted by Crippen LogP contribution is 2.58. The van der Waals surface area contributed by atoms with Crippen LogP contribution in [0.4, 0.5) is 5.95 Å². The molecule has 3 aromatic rings. The first kappa shape index (κ1) is 25.7. The van der Waals surface area contributed by atoms with Crippen LogP contribution in [0.2, 0.25) is 10.0 Å². The van der Waals surface area contributed by atoms with Gasteiger partial charge in [-0.1, -0.05) is 30.1 Å². The summed E-state index contributed by atoms with van der Waals surface area (Å²) in [5.41, 5.74) is 4.85. The van der Waals surface area contributed by atoms with E-state index in [1.54, 1.807) is 48.9 Å². The van der Waals surface area contributed by atoms with E-state index in [1.807, 2.05) is 0 Å². The van der Waals surface area contributed by atoms with Crippen LogP contribution in [0.5, 0.6) is 0 Å². The molecule has 0 bridgehead atoms. The Balaban J connectivity index is 1.33. The molecule has 1 unspecified atom stereocenters. The summed E-state index contributed by atoms with van der Waals surface area (Å²) < 4.78 is 37.6. The van der Waals surface area contributed by atoms with Gasteiger partial charge in [0.15, 0.2) is 11.9 Å². The van der Waals surface area contributed by atoms with Gasteiger partial charge in [0.2, 0.25) is 5.95 Å². The van der Waals surface area contributed by atoms with Crippen molar-refractivity contribution in [1.82, 2.24) is 14.5 Å². The number of ether oxygens (including phenoxy) is 1. The van der Waals surface area contributed by atoms with E-state index in [9.17, 15) is 14.5 Å². The van der Waals surface area contributed by atoms with Crippen LogP contribution in [0.25, 0.3) is 11.0 Å². The Morgan fingerprint density at radius 2 is 2.08 bits per heavy atom. The lowest BCUT2D eigenvalue weighted by Crippen LogP contribution is -2.38. The van der Waals surface area contributed by atoms with Gasteiger partial charge in [-0.15, -0.1) is 0 Å². The van der Waals surface area contributed by atoms with Crippen molar-refractivity contribution >= 4 is 48.0 Å². The van der Waals surface area contributed by atoms with Gasteiger partial charge < -0.3 is 20.1 Å². The Morgan fingerprint density at radius 3 is 2.81 bits per heavy atom. The molecule has 0 radical (unpaired) electrons. The highest BCUT2D eigenvalue weighted by molar-refractivity contribution is 7.48. The Labute approximate surface area is 216 Å². The minimum Gasteiger partial charge on any atom is -0.385 e. The topological polar surface area (TPSA) is 151 Å². The average molecular weight is 559 g/mol. The summed E-state index contributed by atoms with van der Waals surface area (Å²) in [5, 5.41) is 12.5. The minimum absolute atomic E-state index is 0.0572. The lowest BCUT2D eigenvalue weighted by atomic mass is 9.88. The fourth-order valence-corrected chi connectivity index (χ4v) is 6.47. The fourth-order valence-electron chi connectivity index (χ4n) is 4.53. The predicted octanol–water partition coefficient (Wildman–Crippen LogP) is 4.20. The number of rotatable bonds is 5. The Morgan fingerprint density at radius 1 is 1.36 bits per heavy atom. The quantitative estimate of drug-likeness (QED) is 0.391. The van der Waals surface area contributed by atoms with Crippen LogP contribution in [0.1, 0.15) is 38.2 Å². The molecule has 36 heavy (non-hydrogen) atoms. The van der Waals surface area contributed by atoms with Crippen LogP contribution in [-0.2, 0) is 22.9 Å². The standard InChI is InChI=1S/C22H25Cl2N4O7P/c1-11-17(10-33-36(31)32-6-4-16(35-36)12-7-13(23)9-14(24)8-12)34-20(22(11,2)30)28-5-3-15-18(28)26-21(25)27-19(15)29/h3,5,7-9,11,16-17,20,30H,4,6,10H2,1-2H3,(H3,25,26,27,29)/t11-,16-,17-,20-,22-,36?/m1/s1. The molecule has 0 amide bonds. The zero-order valence-corrected chi connectivity index (χ0v) is 21.8. The predicted molar refractivity (Wildman–Crippen MR) is 133 cm³/mol. The molecule has 2 fully saturated rings. The molecule has 0 spiro atoms. The first-order chi connectivity index (χ1) is 17.0. The van der Waals surface area contributed by atoms with E-state index in [2.05, 4.69) is 9.97 Å². The normalized spacial score (nSPS) is 32.8. The molecule has 5 rings (SSSR count). The van der Waals surface area contributed by atoms with Crippen LogP contribution in [0.3, 0.4) is 0 Å². The van der Waals surface area contributed by atoms with Gasteiger partial charge >= 0.3 is 7.82 Å². The monoisotopic (exact) mass is 558 g/mol. The molecule has 2 aliphatic heterocycles. The summed E-state index contributed by atoms with van der Waals surface area (Å²) in [6.07, 6.45) is -0.145. The van der Waals surface area contributed by atoms with Crippen LogP contribution in [0.15, 0.2) is 35.3 Å². The van der Waals surface area contributed by atoms with E-state index in [4.69, 9.17) is 47.2 Å². The molecule has 194 valence electrons. The molecule has 2 saturated heterocycles. The SMILES string of the molecule is C[C@@H]1[C@@H](COP2(=O)OCC[C@H](c3cc(Cl)cc(Cl)c3)O2)O[C@@H](n2ccc3c(=O)[nH]c(N)nc32)[C@]1(C)O. The second-order valence-corrected chi connectivity index (χ2v) is 11.6. The maximum absolute atomic E-state index is 13.3. The largest absolute Gasteiger partial charge is 0.475 e. The second kappa shape index (κ2) is 9.41. The van der Waals surface area contributed by atoms with Crippen LogP contribution < -0.4 is 11.3 Å². The number of halogens is 2. The molecular formula is C22H25Cl2N4O7P. The zero-order chi connectivity index (χ0) is 25.8. The van der Waals surface area contributed by atoms with Crippen LogP contribution >= 0.6 is 31.0 Å². The number of fused-ring (bicyclic) bond motifs is 1. The number of benzene rings is 1. The highest BCUT2D eigenvalue weighted by Gasteiger charge is 2.52. The number of aromatic nitrogens is 3. The number of aromatic amines is 1. The molecule has 4 N–H and O–H groups in total. The molecule has 0 saturated carbocycles. The van der Waals surface area contributed by atoms with Crippen molar-refractivity contribution in [2.75, 3.05) is 18.9 Å². The van der Waals surface area contributed by atoms with Crippen molar-refractivity contribution in [2.24, 2.45) is 5.92 Å².